The highest BCUT2D eigenvalue weighted by Crippen LogP contribution is 2.12. The van der Waals surface area contributed by atoms with Crippen molar-refractivity contribution < 1.29 is 29.0 Å². The van der Waals surface area contributed by atoms with Gasteiger partial charge >= 0.3 is 17.9 Å². The fourth-order valence-corrected chi connectivity index (χ4v) is 0.720. The molecule has 6 nitrogen and oxygen atoms in total. The highest BCUT2D eigenvalue weighted by Gasteiger charge is 2.25. The molecule has 16 heavy (non-hydrogen) atoms. The van der Waals surface area contributed by atoms with Crippen LogP contribution in [0.4, 0.5) is 0 Å². The average molecular weight is 228 g/mol. The lowest BCUT2D eigenvalue weighted by Gasteiger charge is -2.23. The largest absolute Gasteiger partial charge is 0.478 e. The van der Waals surface area contributed by atoms with Crippen LogP contribution in [0.15, 0.2) is 24.8 Å². The normalized spacial score (nSPS) is 10.9. The zero-order chi connectivity index (χ0) is 12.8. The third-order valence-electron chi connectivity index (χ3n) is 1.22. The third-order valence-corrected chi connectivity index (χ3v) is 1.22. The van der Waals surface area contributed by atoms with Gasteiger partial charge in [0.1, 0.15) is 0 Å². The first-order valence-corrected chi connectivity index (χ1v) is 4.26. The Bertz CT molecular complexity index is 339. The van der Waals surface area contributed by atoms with Gasteiger partial charge in [0.25, 0.3) is 5.79 Å². The maximum atomic E-state index is 11.0. The third kappa shape index (κ3) is 6.36. The smallest absolute Gasteiger partial charge is 0.334 e. The molecule has 0 heterocycles. The second-order valence-corrected chi connectivity index (χ2v) is 3.12. The first-order valence-electron chi connectivity index (χ1n) is 4.26. The number of rotatable bonds is 5. The van der Waals surface area contributed by atoms with E-state index in [4.69, 9.17) is 5.11 Å². The second-order valence-electron chi connectivity index (χ2n) is 3.12. The molecule has 0 aliphatic heterocycles. The van der Waals surface area contributed by atoms with Crippen molar-refractivity contribution in [3.63, 3.8) is 0 Å². The van der Waals surface area contributed by atoms with Crippen LogP contribution < -0.4 is 0 Å². The maximum absolute atomic E-state index is 11.0. The molecule has 0 aliphatic carbocycles. The van der Waals surface area contributed by atoms with E-state index < -0.39 is 23.7 Å². The highest BCUT2D eigenvalue weighted by atomic mass is 16.7. The summed E-state index contributed by atoms with van der Waals surface area (Å²) in [6.07, 6.45) is 2.25. The topological polar surface area (TPSA) is 89.9 Å². The Morgan fingerprint density at radius 1 is 1.12 bits per heavy atom. The van der Waals surface area contributed by atoms with Gasteiger partial charge in [0.15, 0.2) is 0 Å². The fraction of sp³-hybridized carbons (Fsp3) is 0.300. The molecule has 0 saturated heterocycles. The van der Waals surface area contributed by atoms with Gasteiger partial charge in [-0.3, -0.25) is 0 Å². The van der Waals surface area contributed by atoms with E-state index in [1.54, 1.807) is 0 Å². The minimum atomic E-state index is -1.48. The molecule has 0 aromatic carbocycles. The number of esters is 2. The van der Waals surface area contributed by atoms with E-state index in [1.165, 1.54) is 13.8 Å². The maximum Gasteiger partial charge on any atom is 0.334 e. The molecule has 0 unspecified atom stereocenters. The van der Waals surface area contributed by atoms with Crippen molar-refractivity contribution >= 4 is 17.9 Å². The molecule has 0 saturated carbocycles. The van der Waals surface area contributed by atoms with Gasteiger partial charge in [-0.2, -0.15) is 0 Å². The predicted octanol–water partition coefficient (Wildman–Crippen LogP) is 0.636. The lowest BCUT2D eigenvalue weighted by Crippen LogP contribution is -2.32. The van der Waals surface area contributed by atoms with E-state index >= 15 is 0 Å². The second kappa shape index (κ2) is 5.69. The van der Waals surface area contributed by atoms with Crippen LogP contribution in [0.3, 0.4) is 0 Å². The molecule has 0 fully saturated rings. The molecule has 0 atom stereocenters. The van der Waals surface area contributed by atoms with Crippen LogP contribution >= 0.6 is 0 Å². The number of carboxylic acid groups (broad SMARTS) is 1. The number of aliphatic carboxylic acids is 1. The molecule has 0 aromatic heterocycles. The number of carbonyl (C=O) groups is 3. The Kier molecular flexibility index (Phi) is 4.94. The van der Waals surface area contributed by atoms with Crippen LogP contribution in [-0.4, -0.2) is 28.8 Å². The Hall–Kier alpha value is -2.11. The molecule has 1 N–H and O–H groups in total. The van der Waals surface area contributed by atoms with Gasteiger partial charge in [-0.25, -0.2) is 14.4 Å². The minimum Gasteiger partial charge on any atom is -0.478 e. The van der Waals surface area contributed by atoms with Gasteiger partial charge in [-0.15, -0.1) is 0 Å². The molecular weight excluding hydrogens is 216 g/mol. The fourth-order valence-electron chi connectivity index (χ4n) is 0.720. The first kappa shape index (κ1) is 13.9. The van der Waals surface area contributed by atoms with E-state index in [0.717, 1.165) is 6.08 Å². The highest BCUT2D eigenvalue weighted by molar-refractivity contribution is 5.91. The summed E-state index contributed by atoms with van der Waals surface area (Å²) in [5, 5.41) is 8.25. The Morgan fingerprint density at radius 2 is 1.62 bits per heavy atom. The Morgan fingerprint density at radius 3 is 2.06 bits per heavy atom. The molecule has 0 amide bonds. The monoisotopic (exact) mass is 228 g/mol. The molecule has 0 aromatic rings. The summed E-state index contributed by atoms with van der Waals surface area (Å²) < 4.78 is 9.36. The van der Waals surface area contributed by atoms with Crippen molar-refractivity contribution in [3.8, 4) is 0 Å². The summed E-state index contributed by atoms with van der Waals surface area (Å²) in [7, 11) is 0. The lowest BCUT2D eigenvalue weighted by atomic mass is 10.3. The number of hydrogen-bond acceptors (Lipinski definition) is 5. The molecule has 88 valence electrons. The zero-order valence-electron chi connectivity index (χ0n) is 8.93. The van der Waals surface area contributed by atoms with Crippen molar-refractivity contribution in [2.75, 3.05) is 0 Å². The number of hydrogen-bond donors (Lipinski definition) is 1. The number of ether oxygens (including phenoxy) is 2. The average Bonchev–Trinajstić information content (AvgIpc) is 2.13. The predicted molar refractivity (Wildman–Crippen MR) is 53.2 cm³/mol. The van der Waals surface area contributed by atoms with E-state index in [1.807, 2.05) is 0 Å². The summed E-state index contributed by atoms with van der Waals surface area (Å²) in [5.41, 5.74) is 0. The zero-order valence-corrected chi connectivity index (χ0v) is 8.93. The quantitative estimate of drug-likeness (QED) is 0.422. The Balaban J connectivity index is 4.35. The van der Waals surface area contributed by atoms with Crippen LogP contribution in [0.1, 0.15) is 13.8 Å². The molecular formula is C10H12O6. The van der Waals surface area contributed by atoms with Crippen LogP contribution in [0, 0.1) is 0 Å². The van der Waals surface area contributed by atoms with E-state index in [9.17, 15) is 14.4 Å². The molecule has 0 spiro atoms. The van der Waals surface area contributed by atoms with Crippen molar-refractivity contribution in [1.29, 1.82) is 0 Å². The number of carbonyl (C=O) groups excluding carboxylic acids is 2. The Labute approximate surface area is 92.2 Å². The van der Waals surface area contributed by atoms with Gasteiger partial charge in [0.2, 0.25) is 0 Å². The van der Waals surface area contributed by atoms with Gasteiger partial charge in [0, 0.05) is 32.1 Å². The molecule has 0 aliphatic rings. The van der Waals surface area contributed by atoms with Crippen LogP contribution in [0.25, 0.3) is 0 Å². The standard InChI is InChI=1S/C10H12O6/c1-4-8(13)15-10(2,3)16-9(14)6-5-7(11)12/h4-6H,1H2,2-3H3,(H,11,12)/b6-5-. The van der Waals surface area contributed by atoms with E-state index in [0.29, 0.717) is 12.2 Å². The summed E-state index contributed by atoms with van der Waals surface area (Å²) in [4.78, 5) is 32.0. The van der Waals surface area contributed by atoms with Crippen LogP contribution in [0.5, 0.6) is 0 Å². The summed E-state index contributed by atoms with van der Waals surface area (Å²) in [6.45, 7) is 5.85. The molecule has 6 heteroatoms. The van der Waals surface area contributed by atoms with Crippen molar-refractivity contribution in [1.82, 2.24) is 0 Å². The first-order chi connectivity index (χ1) is 7.26. The van der Waals surface area contributed by atoms with Gasteiger partial charge in [-0.05, 0) is 0 Å². The van der Waals surface area contributed by atoms with Gasteiger partial charge in [0.05, 0.1) is 0 Å². The van der Waals surface area contributed by atoms with Crippen molar-refractivity contribution in [2.24, 2.45) is 0 Å². The van der Waals surface area contributed by atoms with Crippen LogP contribution in [0.2, 0.25) is 0 Å². The summed E-state index contributed by atoms with van der Waals surface area (Å²) in [6, 6.07) is 0. The number of carboxylic acids is 1. The minimum absolute atomic E-state index is 0.619. The van der Waals surface area contributed by atoms with E-state index in [2.05, 4.69) is 16.1 Å². The van der Waals surface area contributed by atoms with Crippen molar-refractivity contribution in [3.05, 3.63) is 24.8 Å². The lowest BCUT2D eigenvalue weighted by molar-refractivity contribution is -0.209. The molecule has 0 radical (unpaired) electrons. The SMILES string of the molecule is C=CC(=O)OC(C)(C)OC(=O)/C=C\C(=O)O. The van der Waals surface area contributed by atoms with Crippen molar-refractivity contribution in [2.45, 2.75) is 19.6 Å². The van der Waals surface area contributed by atoms with Crippen LogP contribution in [-0.2, 0) is 23.9 Å². The summed E-state index contributed by atoms with van der Waals surface area (Å²) >= 11 is 0. The van der Waals surface area contributed by atoms with E-state index in [-0.39, 0.29) is 0 Å². The van der Waals surface area contributed by atoms with Gasteiger partial charge in [-0.1, -0.05) is 6.58 Å². The molecule has 0 rings (SSSR count). The molecule has 0 bridgehead atoms. The summed E-state index contributed by atoms with van der Waals surface area (Å²) in [5.74, 6) is -4.44. The van der Waals surface area contributed by atoms with Gasteiger partial charge < -0.3 is 14.6 Å².